The minimum atomic E-state index is -0.506. The molecule has 1 fully saturated rings. The molecule has 0 spiro atoms. The van der Waals surface area contributed by atoms with Gasteiger partial charge in [0.05, 0.1) is 13.2 Å². The third kappa shape index (κ3) is 4.00. The van der Waals surface area contributed by atoms with Crippen molar-refractivity contribution < 1.29 is 5.11 Å². The molecule has 4 heteroatoms. The molecule has 2 aliphatic heterocycles. The van der Waals surface area contributed by atoms with Gasteiger partial charge in [-0.3, -0.25) is 4.48 Å². The van der Waals surface area contributed by atoms with Crippen LogP contribution in [0.4, 0.5) is 11.4 Å². The fraction of sp³-hybridized carbons (Fsp3) is 0.333. The number of hydrogen-bond acceptors (Lipinski definition) is 3. The lowest BCUT2D eigenvalue weighted by molar-refractivity contribution is 0.139. The molecule has 1 N–H and O–H groups in total. The Labute approximate surface area is 189 Å². The fourth-order valence-electron chi connectivity index (χ4n) is 4.58. The average Bonchev–Trinajstić information content (AvgIpc) is 3.52. The van der Waals surface area contributed by atoms with E-state index in [1.165, 1.54) is 45.4 Å². The number of hydrogen-bond donors (Lipinski definition) is 1. The van der Waals surface area contributed by atoms with Gasteiger partial charge in [-0.25, -0.2) is 0 Å². The Bertz CT molecular complexity index is 1090. The molecule has 2 heterocycles. The van der Waals surface area contributed by atoms with E-state index in [0.29, 0.717) is 0 Å². The molecule has 0 radical (unpaired) electrons. The summed E-state index contributed by atoms with van der Waals surface area (Å²) < 4.78 is 1.05. The first kappa shape index (κ1) is 20.6. The molecule has 3 nitrogen and oxygen atoms in total. The highest BCUT2D eigenvalue weighted by atomic mass is 32.2. The van der Waals surface area contributed by atoms with Crippen LogP contribution in [0.5, 0.6) is 0 Å². The lowest BCUT2D eigenvalue weighted by atomic mass is 9.84. The molecule has 2 atom stereocenters. The van der Waals surface area contributed by atoms with Crippen molar-refractivity contribution >= 4 is 23.1 Å². The smallest absolute Gasteiger partial charge is 0.134 e. The zero-order chi connectivity index (χ0) is 21.6. The van der Waals surface area contributed by atoms with E-state index in [-0.39, 0.29) is 5.92 Å². The topological polar surface area (TPSA) is 23.5 Å². The summed E-state index contributed by atoms with van der Waals surface area (Å²) in [6.07, 6.45) is 1.41. The van der Waals surface area contributed by atoms with E-state index in [1.807, 2.05) is 42.1 Å². The Morgan fingerprint density at radius 1 is 0.968 bits per heavy atom. The Morgan fingerprint density at radius 2 is 1.74 bits per heavy atom. The number of likely N-dealkylation sites (N-methyl/N-ethyl adjacent to an activating group) is 1. The number of aliphatic hydroxyl groups is 1. The number of rotatable bonds is 4. The van der Waals surface area contributed by atoms with E-state index >= 15 is 0 Å². The SMILES string of the molecule is CN(C)c1ccc2c(c1)Sc1cc([N+]3(C)CC3)ccc1CCC2C(O)c1ccccc1. The monoisotopic (exact) mass is 431 g/mol. The first-order valence-electron chi connectivity index (χ1n) is 11.1. The van der Waals surface area contributed by atoms with Crippen LogP contribution in [0.25, 0.3) is 0 Å². The number of nitrogens with zero attached hydrogens (tertiary/aromatic N) is 2. The molecule has 2 aliphatic rings. The molecule has 0 saturated carbocycles. The lowest BCUT2D eigenvalue weighted by Gasteiger charge is -2.29. The molecule has 0 bridgehead atoms. The van der Waals surface area contributed by atoms with Crippen molar-refractivity contribution in [1.82, 2.24) is 4.48 Å². The Balaban J connectivity index is 1.58. The van der Waals surface area contributed by atoms with E-state index in [2.05, 4.69) is 62.4 Å². The Kier molecular flexibility index (Phi) is 5.33. The van der Waals surface area contributed by atoms with Crippen molar-refractivity contribution in [2.45, 2.75) is 34.7 Å². The van der Waals surface area contributed by atoms with Crippen LogP contribution in [-0.2, 0) is 6.42 Å². The minimum Gasteiger partial charge on any atom is -0.388 e. The zero-order valence-electron chi connectivity index (χ0n) is 18.6. The number of anilines is 1. The van der Waals surface area contributed by atoms with Gasteiger partial charge >= 0.3 is 0 Å². The van der Waals surface area contributed by atoms with Crippen molar-refractivity contribution in [1.29, 1.82) is 0 Å². The van der Waals surface area contributed by atoms with Crippen molar-refractivity contribution in [2.75, 3.05) is 39.1 Å². The normalized spacial score (nSPS) is 20.1. The van der Waals surface area contributed by atoms with E-state index in [9.17, 15) is 5.11 Å². The highest BCUT2D eigenvalue weighted by Gasteiger charge is 2.40. The maximum Gasteiger partial charge on any atom is 0.134 e. The summed E-state index contributed by atoms with van der Waals surface area (Å²) in [5.74, 6) is 0.0747. The molecule has 3 aromatic carbocycles. The largest absolute Gasteiger partial charge is 0.388 e. The molecular formula is C27H31N2OS+. The van der Waals surface area contributed by atoms with E-state index in [1.54, 1.807) is 0 Å². The van der Waals surface area contributed by atoms with Crippen LogP contribution < -0.4 is 9.38 Å². The fourth-order valence-corrected chi connectivity index (χ4v) is 5.81. The van der Waals surface area contributed by atoms with Gasteiger partial charge < -0.3 is 10.0 Å². The summed E-state index contributed by atoms with van der Waals surface area (Å²) in [7, 11) is 6.49. The van der Waals surface area contributed by atoms with E-state index < -0.39 is 6.10 Å². The summed E-state index contributed by atoms with van der Waals surface area (Å²) in [6.45, 7) is 2.46. The second-order valence-corrected chi connectivity index (χ2v) is 10.4. The minimum absolute atomic E-state index is 0.0747. The molecule has 0 aromatic heterocycles. The van der Waals surface area contributed by atoms with Crippen LogP contribution >= 0.6 is 11.8 Å². The van der Waals surface area contributed by atoms with Gasteiger partial charge in [0.1, 0.15) is 18.8 Å². The van der Waals surface area contributed by atoms with Crippen molar-refractivity contribution in [3.05, 3.63) is 83.4 Å². The quantitative estimate of drug-likeness (QED) is 0.428. The predicted octanol–water partition coefficient (Wildman–Crippen LogP) is 5.62. The summed E-state index contributed by atoms with van der Waals surface area (Å²) in [5, 5.41) is 11.4. The molecule has 3 aromatic rings. The van der Waals surface area contributed by atoms with Crippen LogP contribution in [0.1, 0.15) is 35.1 Å². The van der Waals surface area contributed by atoms with Gasteiger partial charge in [0.15, 0.2) is 0 Å². The summed E-state index contributed by atoms with van der Waals surface area (Å²) in [5.41, 5.74) is 6.26. The van der Waals surface area contributed by atoms with Crippen molar-refractivity contribution in [2.24, 2.45) is 0 Å². The van der Waals surface area contributed by atoms with Crippen LogP contribution in [0.2, 0.25) is 0 Å². The van der Waals surface area contributed by atoms with Crippen LogP contribution in [0.3, 0.4) is 0 Å². The third-order valence-electron chi connectivity index (χ3n) is 6.95. The summed E-state index contributed by atoms with van der Waals surface area (Å²) in [4.78, 5) is 4.79. The molecule has 1 saturated heterocycles. The molecular weight excluding hydrogens is 400 g/mol. The lowest BCUT2D eigenvalue weighted by Crippen LogP contribution is -2.19. The van der Waals surface area contributed by atoms with Crippen LogP contribution in [0.15, 0.2) is 76.5 Å². The average molecular weight is 432 g/mol. The second-order valence-electron chi connectivity index (χ2n) is 9.35. The number of quaternary nitrogens is 1. The van der Waals surface area contributed by atoms with E-state index in [4.69, 9.17) is 0 Å². The number of benzene rings is 3. The maximum atomic E-state index is 11.4. The zero-order valence-corrected chi connectivity index (χ0v) is 19.4. The Hall–Kier alpha value is -2.27. The molecule has 31 heavy (non-hydrogen) atoms. The van der Waals surface area contributed by atoms with Crippen molar-refractivity contribution in [3.63, 3.8) is 0 Å². The summed E-state index contributed by atoms with van der Waals surface area (Å²) >= 11 is 1.87. The van der Waals surface area contributed by atoms with E-state index in [0.717, 1.165) is 22.9 Å². The third-order valence-corrected chi connectivity index (χ3v) is 8.12. The molecule has 2 unspecified atom stereocenters. The second kappa shape index (κ2) is 8.01. The van der Waals surface area contributed by atoms with Gasteiger partial charge in [0.25, 0.3) is 0 Å². The number of aryl methyl sites for hydroxylation is 1. The van der Waals surface area contributed by atoms with Crippen molar-refractivity contribution in [3.8, 4) is 0 Å². The molecule has 160 valence electrons. The maximum absolute atomic E-state index is 11.4. The summed E-state index contributed by atoms with van der Waals surface area (Å²) in [6, 6.07) is 23.9. The van der Waals surface area contributed by atoms with Gasteiger partial charge in [-0.05, 0) is 47.7 Å². The highest BCUT2D eigenvalue weighted by molar-refractivity contribution is 7.99. The van der Waals surface area contributed by atoms with Crippen LogP contribution in [-0.4, -0.2) is 39.3 Å². The number of aliphatic hydroxyl groups excluding tert-OH is 1. The van der Waals surface area contributed by atoms with Gasteiger partial charge in [-0.15, -0.1) is 0 Å². The molecule has 0 amide bonds. The first-order chi connectivity index (χ1) is 14.9. The van der Waals surface area contributed by atoms with Gasteiger partial charge in [-0.1, -0.05) is 54.2 Å². The highest BCUT2D eigenvalue weighted by Crippen LogP contribution is 2.47. The number of fused-ring (bicyclic) bond motifs is 2. The van der Waals surface area contributed by atoms with Gasteiger partial charge in [0, 0.05) is 41.6 Å². The Morgan fingerprint density at radius 3 is 2.45 bits per heavy atom. The van der Waals surface area contributed by atoms with Gasteiger partial charge in [0.2, 0.25) is 0 Å². The van der Waals surface area contributed by atoms with Gasteiger partial charge in [-0.2, -0.15) is 0 Å². The molecule has 0 aliphatic carbocycles. The molecule has 5 rings (SSSR count). The predicted molar refractivity (Wildman–Crippen MR) is 131 cm³/mol. The first-order valence-corrected chi connectivity index (χ1v) is 12.0. The standard InChI is InChI=1S/C27H31N2OS/c1-28(2)21-11-14-23-24(27(30)20-7-5-4-6-8-20)13-10-19-9-12-22(29(3)15-16-29)18-25(19)31-26(23)17-21/h4-9,11-12,14,17-18,24,27,30H,10,13,15-16H2,1-3H3/q+1. The van der Waals surface area contributed by atoms with Crippen LogP contribution in [0, 0.1) is 0 Å².